The number of aliphatic carboxylic acids is 1. The van der Waals surface area contributed by atoms with E-state index in [1.165, 1.54) is 6.07 Å². The summed E-state index contributed by atoms with van der Waals surface area (Å²) in [5, 5.41) is 40.3. The molecule has 1 aromatic heterocycles. The summed E-state index contributed by atoms with van der Waals surface area (Å²) in [7, 11) is 0. The number of carboxylic acids is 1. The topological polar surface area (TPSA) is 187 Å². The fraction of sp³-hybridized carbons (Fsp3) is 0.333. The van der Waals surface area contributed by atoms with Crippen LogP contribution in [0.5, 0.6) is 5.75 Å². The van der Waals surface area contributed by atoms with Crippen LogP contribution in [-0.4, -0.2) is 45.9 Å². The maximum absolute atomic E-state index is 12.3. The number of amides is 2. The molecule has 0 aliphatic rings. The van der Waals surface area contributed by atoms with Gasteiger partial charge in [-0.2, -0.15) is 0 Å². The van der Waals surface area contributed by atoms with Gasteiger partial charge in [-0.25, -0.2) is 4.98 Å². The number of hydrogen-bond donors (Lipinski definition) is 4. The number of pyridine rings is 1. The standard InChI is InChI=1S/C21H24BrN5O7.Na/c1-12-4-6-24-17(7-12)23-5-2-3-18(28)25-11-19(29)26-15(10-20(30)31)14-8-13(22)9-16(21(14)32)27(33)34;/h4,6-9,15,32H,2-3,5,10-11H2,1H3,(H,23,24)(H,25,28)(H,26,29)(H,30,31);/q;+1/p-1. The van der Waals surface area contributed by atoms with E-state index in [4.69, 9.17) is 0 Å². The maximum Gasteiger partial charge on any atom is 1.00 e. The summed E-state index contributed by atoms with van der Waals surface area (Å²) in [5.74, 6) is -2.78. The molecular weight excluding hydrogens is 537 g/mol. The van der Waals surface area contributed by atoms with E-state index in [1.807, 2.05) is 19.1 Å². The Kier molecular flexibility index (Phi) is 12.6. The van der Waals surface area contributed by atoms with Gasteiger partial charge >= 0.3 is 35.2 Å². The van der Waals surface area contributed by atoms with Crippen LogP contribution in [0.2, 0.25) is 0 Å². The fourth-order valence-corrected chi connectivity index (χ4v) is 3.49. The molecule has 0 aliphatic heterocycles. The molecule has 14 heteroatoms. The van der Waals surface area contributed by atoms with Crippen LogP contribution in [0.1, 0.15) is 36.4 Å². The van der Waals surface area contributed by atoms with Crippen molar-refractivity contribution in [3.8, 4) is 5.75 Å². The predicted octanol–water partition coefficient (Wildman–Crippen LogP) is -1.92. The SMILES string of the molecule is Cc1ccnc(NCCCC(=O)NCC(=O)NC(CC(=O)[O-])c2cc(Br)cc([N+](=O)[O-])c2O)c1.[Na+]. The fourth-order valence-electron chi connectivity index (χ4n) is 3.03. The Morgan fingerprint density at radius 2 is 1.94 bits per heavy atom. The summed E-state index contributed by atoms with van der Waals surface area (Å²) in [6, 6.07) is 4.70. The van der Waals surface area contributed by atoms with Crippen molar-refractivity contribution in [3.63, 3.8) is 0 Å². The molecule has 0 saturated carbocycles. The second kappa shape index (κ2) is 14.6. The Morgan fingerprint density at radius 3 is 2.57 bits per heavy atom. The number of anilines is 1. The first-order valence-electron chi connectivity index (χ1n) is 10.2. The van der Waals surface area contributed by atoms with Crippen molar-refractivity contribution in [2.45, 2.75) is 32.2 Å². The van der Waals surface area contributed by atoms with Crippen LogP contribution < -0.4 is 50.6 Å². The molecule has 0 fully saturated rings. The van der Waals surface area contributed by atoms with Crippen LogP contribution in [0.25, 0.3) is 0 Å². The number of nitrogens with zero attached hydrogens (tertiary/aromatic N) is 2. The minimum absolute atomic E-state index is 0. The number of nitro groups is 1. The van der Waals surface area contributed by atoms with Gasteiger partial charge in [0.2, 0.25) is 11.8 Å². The smallest absolute Gasteiger partial charge is 0.550 e. The second-order valence-corrected chi connectivity index (χ2v) is 8.26. The van der Waals surface area contributed by atoms with Crippen LogP contribution >= 0.6 is 15.9 Å². The molecule has 0 radical (unpaired) electrons. The van der Waals surface area contributed by atoms with Gasteiger partial charge in [0.1, 0.15) is 5.82 Å². The number of halogens is 1. The van der Waals surface area contributed by atoms with Crippen LogP contribution in [0.4, 0.5) is 11.5 Å². The molecule has 1 heterocycles. The molecule has 0 spiro atoms. The molecular formula is C21H23BrN5NaO7. The van der Waals surface area contributed by atoms with E-state index >= 15 is 0 Å². The van der Waals surface area contributed by atoms with Crippen LogP contribution in [0.15, 0.2) is 34.9 Å². The van der Waals surface area contributed by atoms with E-state index in [-0.39, 0.29) is 46.0 Å². The van der Waals surface area contributed by atoms with Gasteiger partial charge in [-0.15, -0.1) is 0 Å². The third-order valence-electron chi connectivity index (χ3n) is 4.61. The number of aromatic hydroxyl groups is 1. The van der Waals surface area contributed by atoms with E-state index < -0.39 is 53.2 Å². The van der Waals surface area contributed by atoms with Crippen molar-refractivity contribution < 1.29 is 59.1 Å². The van der Waals surface area contributed by atoms with Crippen molar-refractivity contribution in [1.82, 2.24) is 15.6 Å². The molecule has 1 atom stereocenters. The van der Waals surface area contributed by atoms with Gasteiger partial charge in [-0.3, -0.25) is 19.7 Å². The van der Waals surface area contributed by atoms with E-state index in [2.05, 4.69) is 36.9 Å². The first kappa shape index (κ1) is 30.3. The van der Waals surface area contributed by atoms with Crippen molar-refractivity contribution in [3.05, 3.63) is 56.2 Å². The summed E-state index contributed by atoms with van der Waals surface area (Å²) in [6.07, 6.45) is 1.53. The average Bonchev–Trinajstić information content (AvgIpc) is 2.75. The summed E-state index contributed by atoms with van der Waals surface area (Å²) >= 11 is 3.06. The molecule has 12 nitrogen and oxygen atoms in total. The minimum atomic E-state index is -1.55. The second-order valence-electron chi connectivity index (χ2n) is 7.34. The normalized spacial score (nSPS) is 11.0. The largest absolute Gasteiger partial charge is 1.00 e. The number of phenolic OH excluding ortho intramolecular Hbond substituents is 1. The number of phenols is 1. The van der Waals surface area contributed by atoms with Gasteiger partial charge in [0.05, 0.1) is 17.5 Å². The Bertz CT molecular complexity index is 1090. The van der Waals surface area contributed by atoms with Gasteiger partial charge in [0.15, 0.2) is 5.75 Å². The van der Waals surface area contributed by atoms with Gasteiger partial charge in [0.25, 0.3) is 0 Å². The number of aryl methyl sites for hydroxylation is 1. The van der Waals surface area contributed by atoms with Gasteiger partial charge in [-0.05, 0) is 37.1 Å². The molecule has 1 unspecified atom stereocenters. The average molecular weight is 560 g/mol. The van der Waals surface area contributed by atoms with Gasteiger partial charge in [-0.1, -0.05) is 15.9 Å². The quantitative estimate of drug-likeness (QED) is 0.0994. The Hall–Kier alpha value is -2.74. The molecule has 35 heavy (non-hydrogen) atoms. The summed E-state index contributed by atoms with van der Waals surface area (Å²) in [4.78, 5) is 49.9. The number of aromatic nitrogens is 1. The number of carboxylic acid groups (broad SMARTS) is 1. The molecule has 2 aromatic rings. The van der Waals surface area contributed by atoms with Crippen molar-refractivity contribution in [2.75, 3.05) is 18.4 Å². The Labute approximate surface area is 231 Å². The number of nitrogens with one attached hydrogen (secondary N) is 3. The van der Waals surface area contributed by atoms with Crippen molar-refractivity contribution >= 4 is 45.2 Å². The monoisotopic (exact) mass is 559 g/mol. The Morgan fingerprint density at radius 1 is 1.23 bits per heavy atom. The summed E-state index contributed by atoms with van der Waals surface area (Å²) in [5.41, 5.74) is 0.203. The summed E-state index contributed by atoms with van der Waals surface area (Å²) < 4.78 is 0.201. The minimum Gasteiger partial charge on any atom is -0.550 e. The molecule has 4 N–H and O–H groups in total. The zero-order chi connectivity index (χ0) is 25.3. The third kappa shape index (κ3) is 10.2. The first-order valence-corrected chi connectivity index (χ1v) is 11.0. The number of carbonyl (C=O) groups excluding carboxylic acids is 3. The number of rotatable bonds is 12. The predicted molar refractivity (Wildman–Crippen MR) is 123 cm³/mol. The van der Waals surface area contributed by atoms with E-state index in [9.17, 15) is 34.7 Å². The molecule has 0 bridgehead atoms. The van der Waals surface area contributed by atoms with E-state index in [0.29, 0.717) is 18.8 Å². The van der Waals surface area contributed by atoms with Crippen LogP contribution in [-0.2, 0) is 14.4 Å². The summed E-state index contributed by atoms with van der Waals surface area (Å²) in [6.45, 7) is 1.97. The van der Waals surface area contributed by atoms with Crippen molar-refractivity contribution in [2.24, 2.45) is 0 Å². The first-order chi connectivity index (χ1) is 16.1. The van der Waals surface area contributed by atoms with E-state index in [0.717, 1.165) is 11.6 Å². The Balaban J connectivity index is 0.00000612. The molecule has 0 aliphatic carbocycles. The number of carbonyl (C=O) groups is 3. The van der Waals surface area contributed by atoms with Crippen molar-refractivity contribution in [1.29, 1.82) is 0 Å². The van der Waals surface area contributed by atoms with Crippen LogP contribution in [0.3, 0.4) is 0 Å². The van der Waals surface area contributed by atoms with Gasteiger partial charge < -0.3 is 31.0 Å². The molecule has 0 saturated heterocycles. The van der Waals surface area contributed by atoms with Gasteiger partial charge in [0, 0.05) is 47.7 Å². The molecule has 2 rings (SSSR count). The number of hydrogen-bond acceptors (Lipinski definition) is 9. The van der Waals surface area contributed by atoms with E-state index in [1.54, 1.807) is 6.20 Å². The number of benzene rings is 1. The molecule has 1 aromatic carbocycles. The molecule has 2 amide bonds. The number of nitro benzene ring substituents is 1. The zero-order valence-electron chi connectivity index (χ0n) is 19.2. The maximum atomic E-state index is 12.3. The van der Waals surface area contributed by atoms with Crippen LogP contribution in [0, 0.1) is 17.0 Å². The molecule has 182 valence electrons. The third-order valence-corrected chi connectivity index (χ3v) is 5.07. The zero-order valence-corrected chi connectivity index (χ0v) is 22.8.